The number of rotatable bonds is 30. The minimum Gasteiger partial charge on any atom is -0.541 e. The number of β-lactam (4-membered cyclic amide) rings is 2. The van der Waals surface area contributed by atoms with Gasteiger partial charge in [0.25, 0.3) is 5.91 Å². The molecule has 3 N–H and O–H groups in total. The van der Waals surface area contributed by atoms with E-state index in [9.17, 15) is 43.5 Å². The summed E-state index contributed by atoms with van der Waals surface area (Å²) >= 11 is 17.6. The maximum absolute atomic E-state index is 14.2. The van der Waals surface area contributed by atoms with Gasteiger partial charge in [0.1, 0.15) is 65.0 Å². The number of nitrogens with zero attached hydrogens (tertiary/aromatic N) is 16. The summed E-state index contributed by atoms with van der Waals surface area (Å²) < 4.78 is 44.9. The van der Waals surface area contributed by atoms with Crippen molar-refractivity contribution < 1.29 is 90.9 Å². The standard InChI is InChI=1S/C37H38BClN8O9S2.C22H23N7O3S.C14H16BClN2O7S/c1-19-13-23(52-6)8-7-21(19)16-46-33(42-44-45-46)31-22(18-57-24-9-11-40-12-10-24)17-53-35-25(34(50)47(31)35)14-26(48)29(43-56-20(2)36(51)55-38)30-32(39)58-27(41-30)15-28(49)54-37(3,4)5;1-13-9-16(31-2)4-3-14(13)10-28-20(25-26-27-28)19-15(12-33-17-5-7-24-8-6-17)11-32-22-18(23)21(30)29(19)22;1-6(13(22)24-15)25-18-10(12(20)21)9-11(16)26-7(17-9)5-8(19)23-14(2,3)4/h7-13,20,25,35H,14-18H2,1-6H3;3-9,18,22H,10-12,23H2,1-2H3;6H,5H2,1-4H3,(H,20,21)/b43-29+;;18-10-/t20-,25+,35+;18-,22-;6-/m010/s1. The van der Waals surface area contributed by atoms with Crippen molar-refractivity contribution in [3.05, 3.63) is 161 Å². The van der Waals surface area contributed by atoms with E-state index in [2.05, 4.69) is 70.6 Å². The Morgan fingerprint density at radius 2 is 1.06 bits per heavy atom. The minimum absolute atomic E-state index is 0.0117. The number of hydrogen-bond donors (Lipinski definition) is 2. The maximum atomic E-state index is 14.2. The van der Waals surface area contributed by atoms with E-state index in [1.807, 2.05) is 74.5 Å². The number of ether oxygens (including phenoxy) is 6. The van der Waals surface area contributed by atoms with Gasteiger partial charge in [-0.05, 0) is 172 Å². The molecule has 4 aliphatic heterocycles. The van der Waals surface area contributed by atoms with Gasteiger partial charge < -0.3 is 58.2 Å². The van der Waals surface area contributed by atoms with Crippen molar-refractivity contribution in [2.45, 2.75) is 153 Å². The fraction of sp³-hybridized carbons (Fsp3) is 0.397. The van der Waals surface area contributed by atoms with Crippen molar-refractivity contribution >= 4 is 156 Å². The van der Waals surface area contributed by atoms with E-state index in [0.29, 0.717) is 60.0 Å². The number of carboxylic acids is 1. The first-order valence-electron chi connectivity index (χ1n) is 35.4. The molecule has 0 aliphatic carbocycles. The summed E-state index contributed by atoms with van der Waals surface area (Å²) in [5.41, 5.74) is 10.1. The normalized spacial score (nSPS) is 17.1. The molecular weight excluding hydrogens is 1640 g/mol. The van der Waals surface area contributed by atoms with E-state index in [-0.39, 0.29) is 61.1 Å². The zero-order valence-corrected chi connectivity index (χ0v) is 69.8. The Labute approximate surface area is 698 Å². The van der Waals surface area contributed by atoms with E-state index < -0.39 is 101 Å². The number of nitrogens with two attached hydrogens (primary N) is 1. The van der Waals surface area contributed by atoms with Gasteiger partial charge in [0, 0.05) is 52.5 Å². The lowest BCUT2D eigenvalue weighted by molar-refractivity contribution is -0.184. The molecule has 0 saturated carbocycles. The summed E-state index contributed by atoms with van der Waals surface area (Å²) in [6.45, 7) is 18.1. The molecule has 2 aromatic carbocycles. The fourth-order valence-electron chi connectivity index (χ4n) is 11.5. The van der Waals surface area contributed by atoms with Crippen molar-refractivity contribution in [3.8, 4) is 11.5 Å². The molecular formula is C73H77B2Cl2N17O19S4. The van der Waals surface area contributed by atoms with Crippen LogP contribution in [0.25, 0.3) is 11.4 Å². The van der Waals surface area contributed by atoms with Gasteiger partial charge >= 0.3 is 45.9 Å². The molecule has 0 spiro atoms. The Bertz CT molecular complexity index is 5140. The summed E-state index contributed by atoms with van der Waals surface area (Å²) in [7, 11) is 12.9. The lowest BCUT2D eigenvalue weighted by atomic mass is 9.86. The summed E-state index contributed by atoms with van der Waals surface area (Å²) in [4.78, 5) is 132. The highest BCUT2D eigenvalue weighted by atomic mass is 35.5. The molecule has 2 fully saturated rings. The summed E-state index contributed by atoms with van der Waals surface area (Å²) in [5, 5.41) is 42.1. The molecule has 6 aromatic heterocycles. The van der Waals surface area contributed by atoms with Crippen LogP contribution in [0.3, 0.4) is 0 Å². The first kappa shape index (κ1) is 88.8. The number of aryl methyl sites for hydroxylation is 2. The van der Waals surface area contributed by atoms with Crippen molar-refractivity contribution in [1.82, 2.24) is 70.2 Å². The van der Waals surface area contributed by atoms with E-state index in [1.54, 1.807) is 107 Å². The van der Waals surface area contributed by atoms with E-state index in [1.165, 1.54) is 30.5 Å². The number of oxime groups is 2. The second-order valence-electron chi connectivity index (χ2n) is 27.9. The number of carbonyl (C=O) groups excluding carboxylic acids is 7. The number of aromatic nitrogens is 12. The smallest absolute Gasteiger partial charge is 0.378 e. The Morgan fingerprint density at radius 3 is 1.47 bits per heavy atom. The molecule has 8 aromatic rings. The highest BCUT2D eigenvalue weighted by molar-refractivity contribution is 7.99. The fourth-order valence-corrected chi connectivity index (χ4v) is 15.6. The van der Waals surface area contributed by atoms with Gasteiger partial charge in [-0.2, -0.15) is 0 Å². The third-order valence-electron chi connectivity index (χ3n) is 17.1. The van der Waals surface area contributed by atoms with Crippen LogP contribution in [0.2, 0.25) is 8.67 Å². The number of esters is 2. The summed E-state index contributed by atoms with van der Waals surface area (Å²) in [6.07, 6.45) is 2.11. The number of carboxylic acid groups (broad SMARTS) is 1. The number of amides is 2. The molecule has 0 unspecified atom stereocenters. The molecule has 4 radical (unpaired) electrons. The van der Waals surface area contributed by atoms with Crippen LogP contribution in [0.4, 0.5) is 0 Å². The number of carbonyl (C=O) groups is 8. The van der Waals surface area contributed by atoms with Crippen LogP contribution in [0.5, 0.6) is 11.5 Å². The van der Waals surface area contributed by atoms with Gasteiger partial charge in [-0.25, -0.2) is 33.7 Å². The Balaban J connectivity index is 0.000000205. The number of ketones is 1. The van der Waals surface area contributed by atoms with Crippen molar-refractivity contribution in [2.75, 3.05) is 38.9 Å². The lowest BCUT2D eigenvalue weighted by Crippen LogP contribution is -2.70. The van der Waals surface area contributed by atoms with Gasteiger partial charge in [0.2, 0.25) is 23.8 Å². The monoisotopic (exact) mass is 1720 g/mol. The van der Waals surface area contributed by atoms with Gasteiger partial charge in [-0.3, -0.25) is 43.7 Å². The van der Waals surface area contributed by atoms with E-state index in [0.717, 1.165) is 71.6 Å². The second kappa shape index (κ2) is 39.6. The van der Waals surface area contributed by atoms with Gasteiger partial charge in [-0.15, -0.1) is 56.4 Å². The number of aliphatic carboxylic acids is 1. The Morgan fingerprint density at radius 1 is 0.641 bits per heavy atom. The highest BCUT2D eigenvalue weighted by Crippen LogP contribution is 2.45. The van der Waals surface area contributed by atoms with Gasteiger partial charge in [0.05, 0.1) is 70.7 Å². The predicted molar refractivity (Wildman–Crippen MR) is 426 cm³/mol. The third-order valence-corrected chi connectivity index (χ3v) is 21.8. The van der Waals surface area contributed by atoms with Crippen LogP contribution in [-0.4, -0.2) is 231 Å². The molecule has 44 heteroatoms. The number of thiazole rings is 2. The molecule has 117 heavy (non-hydrogen) atoms. The number of fused-ring (bicyclic) bond motifs is 2. The van der Waals surface area contributed by atoms with Crippen LogP contribution >= 0.6 is 69.4 Å². The first-order valence-corrected chi connectivity index (χ1v) is 39.8. The van der Waals surface area contributed by atoms with Crippen molar-refractivity contribution in [2.24, 2.45) is 22.0 Å². The number of thioether (sulfide) groups is 2. The molecule has 36 nitrogen and oxygen atoms in total. The first-order chi connectivity index (χ1) is 55.7. The van der Waals surface area contributed by atoms with Crippen LogP contribution in [-0.2, 0) is 102 Å². The van der Waals surface area contributed by atoms with Crippen LogP contribution in [0.15, 0.2) is 117 Å². The molecule has 6 atom stereocenters. The Kier molecular flexibility index (Phi) is 30.0. The zero-order valence-electron chi connectivity index (χ0n) is 65.0. The quantitative estimate of drug-likeness (QED) is 0.0113. The largest absolute Gasteiger partial charge is 0.541 e. The third kappa shape index (κ3) is 22.6. The number of methoxy groups -OCH3 is 2. The second-order valence-corrected chi connectivity index (χ2v) is 33.3. The molecule has 12 rings (SSSR count). The molecule has 10 heterocycles. The molecule has 2 saturated heterocycles. The molecule has 4 aliphatic rings. The van der Waals surface area contributed by atoms with E-state index in [4.69, 9.17) is 83.1 Å². The van der Waals surface area contributed by atoms with Gasteiger partial charge in [-0.1, -0.05) is 45.6 Å². The number of Topliss-reactive ketones (excluding diaryl/α,β-unsaturated/α-hetero) is 1. The van der Waals surface area contributed by atoms with Crippen LogP contribution in [0, 0.1) is 19.8 Å². The predicted octanol–water partition coefficient (Wildman–Crippen LogP) is 7.10. The average molecular weight is 1720 g/mol. The van der Waals surface area contributed by atoms with E-state index >= 15 is 0 Å². The van der Waals surface area contributed by atoms with Crippen LogP contribution in [0.1, 0.15) is 117 Å². The van der Waals surface area contributed by atoms with Crippen LogP contribution < -0.4 is 15.2 Å². The summed E-state index contributed by atoms with van der Waals surface area (Å²) in [6, 6.07) is 18.5. The number of halogens is 2. The van der Waals surface area contributed by atoms with Gasteiger partial charge in [0.15, 0.2) is 29.4 Å². The topological polar surface area (TPSA) is 445 Å². The molecule has 2 amide bonds. The Hall–Kier alpha value is -10.6. The average Bonchev–Trinajstić information content (AvgIpc) is 1.53. The zero-order chi connectivity index (χ0) is 84.7. The number of hydrogen-bond acceptors (Lipinski definition) is 35. The SMILES string of the molecule is COc1ccc(Cn2nnnc2C2=C(CSc3ccncc3)CO[C@@H]3[C@H](N)C(=O)N23)c(C)c1.[B]OC(=O)[C@H](C)O/N=C(\C(=O)C[C@@H]1C(=O)N2C(c3nnnn3Cc3ccc(OC)cc3C)=C(CSc3ccncc3)CO[C@H]12)c1nc(CC(=O)OC(C)(C)C)sc1Cl.[B]OC(=O)[C@H](C)O/N=C(\C(=O)O)c1nc(CC(=O)OC(C)(C)C)sc1Cl. The number of tetrazole rings is 2. The highest BCUT2D eigenvalue weighted by Gasteiger charge is 2.55. The number of pyridine rings is 2. The molecule has 0 bridgehead atoms. The number of benzene rings is 2. The summed E-state index contributed by atoms with van der Waals surface area (Å²) in [5.74, 6) is -3.41. The minimum atomic E-state index is -1.49. The molecule has 612 valence electrons. The van der Waals surface area contributed by atoms with Crippen molar-refractivity contribution in [1.29, 1.82) is 0 Å². The lowest BCUT2D eigenvalue weighted by Gasteiger charge is -2.50. The van der Waals surface area contributed by atoms with Crippen molar-refractivity contribution in [3.63, 3.8) is 0 Å². The maximum Gasteiger partial charge on any atom is 0.378 e.